The maximum Gasteiger partial charge on any atom is 0.0602 e. The molecule has 1 saturated heterocycles. The van der Waals surface area contributed by atoms with Gasteiger partial charge in [-0.3, -0.25) is 4.90 Å². The summed E-state index contributed by atoms with van der Waals surface area (Å²) in [5, 5.41) is 5.12. The predicted molar refractivity (Wildman–Crippen MR) is 105 cm³/mol. The van der Waals surface area contributed by atoms with Crippen molar-refractivity contribution in [1.82, 2.24) is 10.2 Å². The first-order chi connectivity index (χ1) is 12.2. The smallest absolute Gasteiger partial charge is 0.0602 e. The zero-order valence-corrected chi connectivity index (χ0v) is 15.9. The van der Waals surface area contributed by atoms with Gasteiger partial charge >= 0.3 is 0 Å². The maximum absolute atomic E-state index is 6.09. The van der Waals surface area contributed by atoms with E-state index in [0.717, 1.165) is 42.7 Å². The highest BCUT2D eigenvalue weighted by Crippen LogP contribution is 2.31. The number of rotatable bonds is 6. The van der Waals surface area contributed by atoms with Crippen molar-refractivity contribution in [3.8, 4) is 0 Å². The Bertz CT molecular complexity index is 615. The SMILES string of the molecule is COCC[C@H]1CN(C(c2ccc(Cl)cc2)c2ccc(Cl)cc2)CCN1. The molecule has 1 heterocycles. The summed E-state index contributed by atoms with van der Waals surface area (Å²) >= 11 is 12.2. The highest BCUT2D eigenvalue weighted by molar-refractivity contribution is 6.30. The molecule has 1 atom stereocenters. The Morgan fingerprint density at radius 3 is 2.12 bits per heavy atom. The van der Waals surface area contributed by atoms with Crippen LogP contribution in [0.1, 0.15) is 23.6 Å². The van der Waals surface area contributed by atoms with Crippen molar-refractivity contribution in [1.29, 1.82) is 0 Å². The minimum absolute atomic E-state index is 0.196. The number of methoxy groups -OCH3 is 1. The van der Waals surface area contributed by atoms with E-state index in [4.69, 9.17) is 27.9 Å². The number of piperazine rings is 1. The lowest BCUT2D eigenvalue weighted by Crippen LogP contribution is -2.52. The van der Waals surface area contributed by atoms with Crippen molar-refractivity contribution in [2.24, 2.45) is 0 Å². The van der Waals surface area contributed by atoms with Gasteiger partial charge in [0.25, 0.3) is 0 Å². The Morgan fingerprint density at radius 1 is 1.04 bits per heavy atom. The van der Waals surface area contributed by atoms with Gasteiger partial charge in [0.2, 0.25) is 0 Å². The van der Waals surface area contributed by atoms with Gasteiger partial charge in [-0.25, -0.2) is 0 Å². The molecular weight excluding hydrogens is 355 g/mol. The van der Waals surface area contributed by atoms with Crippen LogP contribution in [-0.2, 0) is 4.74 Å². The van der Waals surface area contributed by atoms with E-state index in [9.17, 15) is 0 Å². The van der Waals surface area contributed by atoms with E-state index in [-0.39, 0.29) is 6.04 Å². The van der Waals surface area contributed by atoms with Crippen LogP contribution in [0.5, 0.6) is 0 Å². The minimum atomic E-state index is 0.196. The van der Waals surface area contributed by atoms with E-state index in [1.54, 1.807) is 7.11 Å². The zero-order chi connectivity index (χ0) is 17.6. The second-order valence-corrected chi connectivity index (χ2v) is 7.31. The van der Waals surface area contributed by atoms with Crippen LogP contribution in [0.2, 0.25) is 10.0 Å². The van der Waals surface area contributed by atoms with Gasteiger partial charge in [-0.1, -0.05) is 47.5 Å². The van der Waals surface area contributed by atoms with Crippen LogP contribution in [0.15, 0.2) is 48.5 Å². The van der Waals surface area contributed by atoms with E-state index < -0.39 is 0 Å². The molecule has 2 aromatic carbocycles. The Kier molecular flexibility index (Phi) is 6.74. The Labute approximate surface area is 159 Å². The highest BCUT2D eigenvalue weighted by Gasteiger charge is 2.27. The van der Waals surface area contributed by atoms with Crippen molar-refractivity contribution in [2.75, 3.05) is 33.4 Å². The molecule has 0 aliphatic carbocycles. The van der Waals surface area contributed by atoms with Gasteiger partial charge in [0.15, 0.2) is 0 Å². The molecule has 1 aliphatic heterocycles. The zero-order valence-electron chi connectivity index (χ0n) is 14.4. The summed E-state index contributed by atoms with van der Waals surface area (Å²) in [6.45, 7) is 3.74. The fraction of sp³-hybridized carbons (Fsp3) is 0.400. The Balaban J connectivity index is 1.87. The molecule has 3 nitrogen and oxygen atoms in total. The molecule has 0 spiro atoms. The molecule has 0 amide bonds. The van der Waals surface area contributed by atoms with Crippen LogP contribution in [0.3, 0.4) is 0 Å². The third-order valence-electron chi connectivity index (χ3n) is 4.69. The van der Waals surface area contributed by atoms with Gasteiger partial charge in [0.05, 0.1) is 6.04 Å². The summed E-state index contributed by atoms with van der Waals surface area (Å²) in [7, 11) is 1.75. The largest absolute Gasteiger partial charge is 0.385 e. The maximum atomic E-state index is 6.09. The minimum Gasteiger partial charge on any atom is -0.385 e. The second-order valence-electron chi connectivity index (χ2n) is 6.43. The first kappa shape index (κ1) is 18.7. The van der Waals surface area contributed by atoms with E-state index in [1.165, 1.54) is 11.1 Å². The monoisotopic (exact) mass is 378 g/mol. The molecule has 5 heteroatoms. The van der Waals surface area contributed by atoms with Crippen molar-refractivity contribution in [2.45, 2.75) is 18.5 Å². The number of nitrogens with one attached hydrogen (secondary N) is 1. The van der Waals surface area contributed by atoms with Crippen LogP contribution < -0.4 is 5.32 Å². The summed E-state index contributed by atoms with van der Waals surface area (Å²) < 4.78 is 5.25. The lowest BCUT2D eigenvalue weighted by atomic mass is 9.95. The van der Waals surface area contributed by atoms with Crippen molar-refractivity contribution in [3.63, 3.8) is 0 Å². The number of halogens is 2. The molecule has 2 aromatic rings. The molecule has 3 rings (SSSR count). The van der Waals surface area contributed by atoms with Crippen LogP contribution in [0.4, 0.5) is 0 Å². The van der Waals surface area contributed by atoms with E-state index in [1.807, 2.05) is 24.3 Å². The molecule has 25 heavy (non-hydrogen) atoms. The van der Waals surface area contributed by atoms with Crippen LogP contribution >= 0.6 is 23.2 Å². The molecule has 0 radical (unpaired) electrons. The molecule has 0 unspecified atom stereocenters. The number of nitrogens with zero attached hydrogens (tertiary/aromatic N) is 1. The number of hydrogen-bond acceptors (Lipinski definition) is 3. The normalized spacial score (nSPS) is 18.6. The Morgan fingerprint density at radius 2 is 1.60 bits per heavy atom. The third-order valence-corrected chi connectivity index (χ3v) is 5.20. The topological polar surface area (TPSA) is 24.5 Å². The van der Waals surface area contributed by atoms with Crippen molar-refractivity contribution in [3.05, 3.63) is 69.7 Å². The summed E-state index contributed by atoms with van der Waals surface area (Å²) in [5.74, 6) is 0. The molecule has 0 aromatic heterocycles. The van der Waals surface area contributed by atoms with Gasteiger partial charge in [0, 0.05) is 49.4 Å². The molecule has 0 saturated carbocycles. The molecule has 1 fully saturated rings. The van der Waals surface area contributed by atoms with Gasteiger partial charge in [-0.05, 0) is 41.8 Å². The first-order valence-corrected chi connectivity index (χ1v) is 9.40. The van der Waals surface area contributed by atoms with Crippen LogP contribution in [0.25, 0.3) is 0 Å². The third kappa shape index (κ3) is 4.96. The first-order valence-electron chi connectivity index (χ1n) is 8.64. The average Bonchev–Trinajstić information content (AvgIpc) is 2.64. The molecular formula is C20H24Cl2N2O. The fourth-order valence-electron chi connectivity index (χ4n) is 3.44. The molecule has 1 N–H and O–H groups in total. The standard InChI is InChI=1S/C20H24Cl2N2O/c1-25-13-10-19-14-24(12-11-23-19)20(15-2-6-17(21)7-3-15)16-4-8-18(22)9-5-16/h2-9,19-20,23H,10-14H2,1H3/t19-/m0/s1. The van der Waals surface area contributed by atoms with Crippen LogP contribution in [-0.4, -0.2) is 44.3 Å². The lowest BCUT2D eigenvalue weighted by molar-refractivity contribution is 0.130. The molecule has 0 bridgehead atoms. The summed E-state index contributed by atoms with van der Waals surface area (Å²) in [6.07, 6.45) is 1.01. The van der Waals surface area contributed by atoms with Gasteiger partial charge in [-0.15, -0.1) is 0 Å². The predicted octanol–water partition coefficient (Wildman–Crippen LogP) is 4.39. The molecule has 1 aliphatic rings. The van der Waals surface area contributed by atoms with Gasteiger partial charge < -0.3 is 10.1 Å². The van der Waals surface area contributed by atoms with Gasteiger partial charge in [-0.2, -0.15) is 0 Å². The van der Waals surface area contributed by atoms with E-state index in [2.05, 4.69) is 34.5 Å². The van der Waals surface area contributed by atoms with Crippen molar-refractivity contribution < 1.29 is 4.74 Å². The van der Waals surface area contributed by atoms with Crippen LogP contribution in [0, 0.1) is 0 Å². The Hall–Kier alpha value is -1.10. The summed E-state index contributed by atoms with van der Waals surface area (Å²) in [4.78, 5) is 2.53. The quantitative estimate of drug-likeness (QED) is 0.806. The van der Waals surface area contributed by atoms with E-state index >= 15 is 0 Å². The summed E-state index contributed by atoms with van der Waals surface area (Å²) in [6, 6.07) is 17.0. The number of benzene rings is 2. The average molecular weight is 379 g/mol. The van der Waals surface area contributed by atoms with Crippen molar-refractivity contribution >= 4 is 23.2 Å². The number of hydrogen-bond donors (Lipinski definition) is 1. The highest BCUT2D eigenvalue weighted by atomic mass is 35.5. The fourth-order valence-corrected chi connectivity index (χ4v) is 3.70. The lowest BCUT2D eigenvalue weighted by Gasteiger charge is -2.39. The molecule has 134 valence electrons. The number of ether oxygens (including phenoxy) is 1. The summed E-state index contributed by atoms with van der Waals surface area (Å²) in [5.41, 5.74) is 2.50. The van der Waals surface area contributed by atoms with Gasteiger partial charge in [0.1, 0.15) is 0 Å². The van der Waals surface area contributed by atoms with E-state index in [0.29, 0.717) is 6.04 Å². The second kappa shape index (κ2) is 9.02.